The molecule has 0 aliphatic carbocycles. The predicted molar refractivity (Wildman–Crippen MR) is 59.7 cm³/mol. The van der Waals surface area contributed by atoms with E-state index < -0.39 is 17.7 Å². The number of carbonyl (C=O) groups is 1. The molecule has 2 rings (SSSR count). The fraction of sp³-hybridized carbons (Fsp3) is 0. The Labute approximate surface area is 101 Å². The summed E-state index contributed by atoms with van der Waals surface area (Å²) in [6, 6.07) is 2.11. The molecular formula is C9H4BrF2NO2S. The summed E-state index contributed by atoms with van der Waals surface area (Å²) >= 11 is 3.87. The van der Waals surface area contributed by atoms with E-state index in [1.807, 2.05) is 0 Å². The van der Waals surface area contributed by atoms with Crippen molar-refractivity contribution in [1.82, 2.24) is 0 Å². The van der Waals surface area contributed by atoms with Gasteiger partial charge in [0.05, 0.1) is 9.17 Å². The molecule has 1 aromatic carbocycles. The average Bonchev–Trinajstić information content (AvgIpc) is 2.58. The third kappa shape index (κ3) is 1.88. The number of primary amides is 1. The van der Waals surface area contributed by atoms with Crippen molar-refractivity contribution in [2.45, 2.75) is 0 Å². The zero-order valence-electron chi connectivity index (χ0n) is 7.59. The molecule has 7 heteroatoms. The van der Waals surface area contributed by atoms with E-state index in [1.165, 1.54) is 6.07 Å². The van der Waals surface area contributed by atoms with Gasteiger partial charge >= 0.3 is 6.09 Å². The molecule has 2 N–H and O–H groups in total. The minimum Gasteiger partial charge on any atom is -0.399 e. The van der Waals surface area contributed by atoms with Crippen molar-refractivity contribution in [3.05, 3.63) is 28.2 Å². The minimum absolute atomic E-state index is 0.118. The number of nitrogens with two attached hydrogens (primary N) is 1. The third-order valence-corrected chi connectivity index (χ3v) is 3.65. The van der Waals surface area contributed by atoms with Crippen molar-refractivity contribution < 1.29 is 18.3 Å². The van der Waals surface area contributed by atoms with E-state index in [2.05, 4.69) is 20.7 Å². The third-order valence-electron chi connectivity index (χ3n) is 1.83. The molecule has 0 aliphatic heterocycles. The van der Waals surface area contributed by atoms with E-state index in [0.29, 0.717) is 5.39 Å². The summed E-state index contributed by atoms with van der Waals surface area (Å²) in [5.41, 5.74) is 4.82. The lowest BCUT2D eigenvalue weighted by Gasteiger charge is -1.96. The molecule has 0 saturated heterocycles. The zero-order valence-corrected chi connectivity index (χ0v) is 9.99. The highest BCUT2D eigenvalue weighted by atomic mass is 79.9. The summed E-state index contributed by atoms with van der Waals surface area (Å²) in [5, 5.41) is 0.423. The number of hydrogen-bond acceptors (Lipinski definition) is 3. The van der Waals surface area contributed by atoms with Gasteiger partial charge in [0.25, 0.3) is 0 Å². The number of thiophene rings is 1. The summed E-state index contributed by atoms with van der Waals surface area (Å²) in [4.78, 5) is 10.5. The first-order valence-corrected chi connectivity index (χ1v) is 5.64. The van der Waals surface area contributed by atoms with Crippen LogP contribution in [0.5, 0.6) is 5.06 Å². The van der Waals surface area contributed by atoms with E-state index in [-0.39, 0.29) is 14.2 Å². The van der Waals surface area contributed by atoms with Crippen LogP contribution >= 0.6 is 27.3 Å². The first-order valence-electron chi connectivity index (χ1n) is 4.03. The Morgan fingerprint density at radius 2 is 2.06 bits per heavy atom. The lowest BCUT2D eigenvalue weighted by atomic mass is 10.2. The van der Waals surface area contributed by atoms with Crippen molar-refractivity contribution in [3.63, 3.8) is 0 Å². The van der Waals surface area contributed by atoms with Crippen LogP contribution in [-0.2, 0) is 0 Å². The Bertz CT molecular complexity index is 584. The van der Waals surface area contributed by atoms with Crippen molar-refractivity contribution in [2.75, 3.05) is 0 Å². The number of fused-ring (bicyclic) bond motifs is 1. The molecule has 0 fully saturated rings. The maximum Gasteiger partial charge on any atom is 0.410 e. The van der Waals surface area contributed by atoms with Crippen LogP contribution in [0.15, 0.2) is 16.6 Å². The number of rotatable bonds is 1. The van der Waals surface area contributed by atoms with Gasteiger partial charge in [0.15, 0.2) is 5.06 Å². The van der Waals surface area contributed by atoms with Crippen LogP contribution in [-0.4, -0.2) is 6.09 Å². The largest absolute Gasteiger partial charge is 0.410 e. The molecule has 0 atom stereocenters. The van der Waals surface area contributed by atoms with E-state index in [0.717, 1.165) is 17.4 Å². The molecule has 0 aliphatic rings. The zero-order chi connectivity index (χ0) is 11.9. The second kappa shape index (κ2) is 3.99. The molecule has 0 saturated carbocycles. The van der Waals surface area contributed by atoms with Gasteiger partial charge in [-0.05, 0) is 15.9 Å². The summed E-state index contributed by atoms with van der Waals surface area (Å²) in [7, 11) is 0. The van der Waals surface area contributed by atoms with Gasteiger partial charge in [0.1, 0.15) is 11.6 Å². The van der Waals surface area contributed by atoms with Gasteiger partial charge in [-0.2, -0.15) is 0 Å². The molecule has 0 unspecified atom stereocenters. The molecule has 0 radical (unpaired) electrons. The van der Waals surface area contributed by atoms with Crippen LogP contribution in [0.1, 0.15) is 0 Å². The van der Waals surface area contributed by atoms with Gasteiger partial charge < -0.3 is 10.5 Å². The minimum atomic E-state index is -0.997. The molecule has 84 valence electrons. The fourth-order valence-electron chi connectivity index (χ4n) is 1.23. The molecule has 1 aromatic heterocycles. The van der Waals surface area contributed by atoms with Crippen molar-refractivity contribution in [2.24, 2.45) is 5.73 Å². The molecule has 16 heavy (non-hydrogen) atoms. The highest BCUT2D eigenvalue weighted by molar-refractivity contribution is 9.10. The predicted octanol–water partition coefficient (Wildman–Crippen LogP) is 3.40. The molecule has 1 heterocycles. The van der Waals surface area contributed by atoms with Gasteiger partial charge in [-0.25, -0.2) is 13.6 Å². The van der Waals surface area contributed by atoms with Crippen molar-refractivity contribution in [3.8, 4) is 5.06 Å². The number of ether oxygens (including phenoxy) is 1. The second-order valence-corrected chi connectivity index (χ2v) is 4.69. The summed E-state index contributed by atoms with van der Waals surface area (Å²) in [6.45, 7) is 0. The highest BCUT2D eigenvalue weighted by Crippen LogP contribution is 2.38. The number of benzene rings is 1. The van der Waals surface area contributed by atoms with Crippen LogP contribution < -0.4 is 10.5 Å². The molecule has 0 spiro atoms. The van der Waals surface area contributed by atoms with Crippen LogP contribution in [0.2, 0.25) is 0 Å². The summed E-state index contributed by atoms with van der Waals surface area (Å²) in [6.07, 6.45) is -0.997. The molecule has 3 nitrogen and oxygen atoms in total. The van der Waals surface area contributed by atoms with E-state index >= 15 is 0 Å². The average molecular weight is 308 g/mol. The molecule has 2 aromatic rings. The molecule has 1 amide bonds. The quantitative estimate of drug-likeness (QED) is 0.821. The fourth-order valence-corrected chi connectivity index (χ4v) is 2.71. The van der Waals surface area contributed by atoms with Gasteiger partial charge in [0, 0.05) is 17.5 Å². The standard InChI is InChI=1S/C9H4BrF2NO2S/c10-7-3-1-6(15-9(13)14)16-8(3)5(12)2-4(7)11/h1-2H,(H2,13,14). The molecule has 0 bridgehead atoms. The van der Waals surface area contributed by atoms with Gasteiger partial charge in [-0.3, -0.25) is 0 Å². The monoisotopic (exact) mass is 307 g/mol. The second-order valence-electron chi connectivity index (χ2n) is 2.88. The Kier molecular flexibility index (Phi) is 2.81. The normalized spacial score (nSPS) is 10.7. The lowest BCUT2D eigenvalue weighted by molar-refractivity contribution is 0.212. The topological polar surface area (TPSA) is 52.3 Å². The van der Waals surface area contributed by atoms with Gasteiger partial charge in [-0.15, -0.1) is 0 Å². The number of halogens is 3. The first kappa shape index (κ1) is 11.3. The Morgan fingerprint density at radius 3 is 2.69 bits per heavy atom. The smallest absolute Gasteiger partial charge is 0.399 e. The van der Waals surface area contributed by atoms with Crippen LogP contribution in [0.4, 0.5) is 13.6 Å². The lowest BCUT2D eigenvalue weighted by Crippen LogP contribution is -2.15. The van der Waals surface area contributed by atoms with E-state index in [4.69, 9.17) is 5.73 Å². The van der Waals surface area contributed by atoms with Crippen LogP contribution in [0.3, 0.4) is 0 Å². The van der Waals surface area contributed by atoms with Crippen LogP contribution in [0.25, 0.3) is 10.1 Å². The maximum atomic E-state index is 13.4. The number of hydrogen-bond donors (Lipinski definition) is 1. The van der Waals surface area contributed by atoms with E-state index in [9.17, 15) is 13.6 Å². The Hall–Kier alpha value is -1.21. The Balaban J connectivity index is 2.65. The first-order chi connectivity index (χ1) is 7.49. The van der Waals surface area contributed by atoms with E-state index in [1.54, 1.807) is 0 Å². The Morgan fingerprint density at radius 1 is 1.38 bits per heavy atom. The summed E-state index contributed by atoms with van der Waals surface area (Å²) in [5.74, 6) is -1.42. The van der Waals surface area contributed by atoms with Crippen molar-refractivity contribution >= 4 is 43.4 Å². The SMILES string of the molecule is NC(=O)Oc1cc2c(Br)c(F)cc(F)c2s1. The molecular weight excluding hydrogens is 304 g/mol. The number of carbonyl (C=O) groups excluding carboxylic acids is 1. The number of amides is 1. The van der Waals surface area contributed by atoms with Crippen molar-refractivity contribution in [1.29, 1.82) is 0 Å². The van der Waals surface area contributed by atoms with Crippen LogP contribution in [0, 0.1) is 11.6 Å². The van der Waals surface area contributed by atoms with Gasteiger partial charge in [0.2, 0.25) is 0 Å². The summed E-state index contributed by atoms with van der Waals surface area (Å²) < 4.78 is 31.4. The maximum absolute atomic E-state index is 13.4. The highest BCUT2D eigenvalue weighted by Gasteiger charge is 2.15. The van der Waals surface area contributed by atoms with Gasteiger partial charge in [-0.1, -0.05) is 11.3 Å².